The molecule has 4 heteroatoms. The van der Waals surface area contributed by atoms with Gasteiger partial charge in [0.25, 0.3) is 0 Å². The van der Waals surface area contributed by atoms with E-state index < -0.39 is 5.97 Å². The third-order valence-corrected chi connectivity index (χ3v) is 2.83. The highest BCUT2D eigenvalue weighted by Gasteiger charge is 2.05. The van der Waals surface area contributed by atoms with Crippen molar-refractivity contribution < 1.29 is 15.0 Å². The molecule has 0 amide bonds. The van der Waals surface area contributed by atoms with Crippen LogP contribution in [0.1, 0.15) is 17.5 Å². The monoisotopic (exact) mass is 258 g/mol. The molecule has 14 heavy (non-hydrogen) atoms. The molecular formula is C10H11BrO3. The number of aryl methyl sites for hydroxylation is 1. The Morgan fingerprint density at radius 1 is 1.50 bits per heavy atom. The summed E-state index contributed by atoms with van der Waals surface area (Å²) in [7, 11) is 0. The maximum absolute atomic E-state index is 10.3. The van der Waals surface area contributed by atoms with Gasteiger partial charge < -0.3 is 10.2 Å². The molecule has 0 aliphatic carbocycles. The van der Waals surface area contributed by atoms with Crippen LogP contribution in [-0.2, 0) is 11.2 Å². The zero-order chi connectivity index (χ0) is 10.7. The average molecular weight is 259 g/mol. The third kappa shape index (κ3) is 2.73. The van der Waals surface area contributed by atoms with E-state index in [1.54, 1.807) is 13.0 Å². The Bertz CT molecular complexity index is 337. The molecule has 0 radical (unpaired) electrons. The number of carboxylic acid groups (broad SMARTS) is 1. The van der Waals surface area contributed by atoms with Gasteiger partial charge in [-0.2, -0.15) is 0 Å². The Balaban J connectivity index is 2.84. The van der Waals surface area contributed by atoms with Gasteiger partial charge in [0.15, 0.2) is 0 Å². The molecule has 2 N–H and O–H groups in total. The molecule has 3 nitrogen and oxygen atoms in total. The van der Waals surface area contributed by atoms with Crippen LogP contribution in [0.5, 0.6) is 5.75 Å². The second kappa shape index (κ2) is 4.46. The Labute approximate surface area is 90.5 Å². The van der Waals surface area contributed by atoms with Crippen molar-refractivity contribution in [2.45, 2.75) is 19.8 Å². The number of carbonyl (C=O) groups is 1. The van der Waals surface area contributed by atoms with Crippen molar-refractivity contribution in [3.8, 4) is 5.75 Å². The van der Waals surface area contributed by atoms with Gasteiger partial charge in [0.1, 0.15) is 5.75 Å². The zero-order valence-corrected chi connectivity index (χ0v) is 9.34. The highest BCUT2D eigenvalue weighted by molar-refractivity contribution is 9.10. The number of hydrogen-bond acceptors (Lipinski definition) is 2. The average Bonchev–Trinajstić information content (AvgIpc) is 2.10. The van der Waals surface area contributed by atoms with Crippen LogP contribution in [0.2, 0.25) is 0 Å². The molecule has 0 unspecified atom stereocenters. The first-order valence-electron chi connectivity index (χ1n) is 4.20. The molecule has 0 aliphatic heterocycles. The fraction of sp³-hybridized carbons (Fsp3) is 0.300. The quantitative estimate of drug-likeness (QED) is 0.876. The Kier molecular flexibility index (Phi) is 3.52. The summed E-state index contributed by atoms with van der Waals surface area (Å²) < 4.78 is 0.804. The predicted molar refractivity (Wildman–Crippen MR) is 56.5 cm³/mol. The lowest BCUT2D eigenvalue weighted by molar-refractivity contribution is -0.136. The zero-order valence-electron chi connectivity index (χ0n) is 7.75. The standard InChI is InChI=1S/C10H11BrO3/c1-6-8(11)4-7(5-9(6)12)2-3-10(13)14/h4-5,12H,2-3H2,1H3,(H,13,14). The lowest BCUT2D eigenvalue weighted by atomic mass is 10.1. The van der Waals surface area contributed by atoms with Crippen molar-refractivity contribution in [3.63, 3.8) is 0 Å². The van der Waals surface area contributed by atoms with E-state index in [9.17, 15) is 9.90 Å². The van der Waals surface area contributed by atoms with E-state index in [4.69, 9.17) is 5.11 Å². The maximum atomic E-state index is 10.3. The third-order valence-electron chi connectivity index (χ3n) is 2.00. The molecule has 76 valence electrons. The van der Waals surface area contributed by atoms with E-state index >= 15 is 0 Å². The number of carboxylic acids is 1. The molecule has 0 fully saturated rings. The molecule has 0 atom stereocenters. The first-order chi connectivity index (χ1) is 6.50. The Morgan fingerprint density at radius 3 is 2.64 bits per heavy atom. The number of rotatable bonds is 3. The fourth-order valence-electron chi connectivity index (χ4n) is 1.11. The first kappa shape index (κ1) is 11.0. The number of phenolic OH excluding ortho intramolecular Hbond substituents is 1. The first-order valence-corrected chi connectivity index (χ1v) is 5.00. The molecule has 1 aromatic rings. The summed E-state index contributed by atoms with van der Waals surface area (Å²) in [6.45, 7) is 1.79. The number of aliphatic carboxylic acids is 1. The number of hydrogen-bond donors (Lipinski definition) is 2. The molecule has 0 aromatic heterocycles. The second-order valence-corrected chi connectivity index (χ2v) is 3.97. The van der Waals surface area contributed by atoms with E-state index in [2.05, 4.69) is 15.9 Å². The number of benzene rings is 1. The van der Waals surface area contributed by atoms with E-state index in [0.717, 1.165) is 15.6 Å². The highest BCUT2D eigenvalue weighted by atomic mass is 79.9. The summed E-state index contributed by atoms with van der Waals surface area (Å²) >= 11 is 3.30. The maximum Gasteiger partial charge on any atom is 0.303 e. The van der Waals surface area contributed by atoms with Gasteiger partial charge in [0, 0.05) is 16.5 Å². The van der Waals surface area contributed by atoms with Crippen molar-refractivity contribution in [2.24, 2.45) is 0 Å². The van der Waals surface area contributed by atoms with E-state index in [0.29, 0.717) is 6.42 Å². The minimum Gasteiger partial charge on any atom is -0.508 e. The lowest BCUT2D eigenvalue weighted by Crippen LogP contribution is -1.97. The van der Waals surface area contributed by atoms with Crippen LogP contribution in [0.3, 0.4) is 0 Å². The van der Waals surface area contributed by atoms with Crippen LogP contribution in [-0.4, -0.2) is 16.2 Å². The van der Waals surface area contributed by atoms with Crippen LogP contribution >= 0.6 is 15.9 Å². The summed E-state index contributed by atoms with van der Waals surface area (Å²) in [4.78, 5) is 10.3. The summed E-state index contributed by atoms with van der Waals surface area (Å²) in [5, 5.41) is 18.0. The normalized spacial score (nSPS) is 10.1. The molecular weight excluding hydrogens is 248 g/mol. The molecule has 0 saturated carbocycles. The van der Waals surface area contributed by atoms with Crippen LogP contribution in [0.25, 0.3) is 0 Å². The molecule has 0 bridgehead atoms. The Morgan fingerprint density at radius 2 is 2.14 bits per heavy atom. The van der Waals surface area contributed by atoms with E-state index in [1.807, 2.05) is 6.07 Å². The second-order valence-electron chi connectivity index (χ2n) is 3.12. The summed E-state index contributed by atoms with van der Waals surface area (Å²) in [5.74, 6) is -0.638. The van der Waals surface area contributed by atoms with Crippen LogP contribution < -0.4 is 0 Å². The van der Waals surface area contributed by atoms with Gasteiger partial charge in [-0.15, -0.1) is 0 Å². The van der Waals surface area contributed by atoms with Crippen molar-refractivity contribution >= 4 is 21.9 Å². The predicted octanol–water partition coefficient (Wildman–Crippen LogP) is 2.48. The number of aromatic hydroxyl groups is 1. The minimum absolute atomic E-state index is 0.0783. The summed E-state index contributed by atoms with van der Waals surface area (Å²) in [5.41, 5.74) is 1.59. The SMILES string of the molecule is Cc1c(O)cc(CCC(=O)O)cc1Br. The lowest BCUT2D eigenvalue weighted by Gasteiger charge is -2.05. The van der Waals surface area contributed by atoms with Crippen molar-refractivity contribution in [2.75, 3.05) is 0 Å². The number of phenols is 1. The molecule has 1 aromatic carbocycles. The fourth-order valence-corrected chi connectivity index (χ4v) is 1.61. The molecule has 0 saturated heterocycles. The van der Waals surface area contributed by atoms with Gasteiger partial charge in [-0.05, 0) is 31.0 Å². The van der Waals surface area contributed by atoms with Gasteiger partial charge in [0.05, 0.1) is 0 Å². The molecule has 1 rings (SSSR count). The van der Waals surface area contributed by atoms with Gasteiger partial charge in [-0.1, -0.05) is 15.9 Å². The highest BCUT2D eigenvalue weighted by Crippen LogP contribution is 2.27. The van der Waals surface area contributed by atoms with Crippen molar-refractivity contribution in [1.82, 2.24) is 0 Å². The van der Waals surface area contributed by atoms with Gasteiger partial charge >= 0.3 is 5.97 Å². The molecule has 0 aliphatic rings. The summed E-state index contributed by atoms with van der Waals surface area (Å²) in [6, 6.07) is 3.43. The smallest absolute Gasteiger partial charge is 0.303 e. The van der Waals surface area contributed by atoms with Crippen molar-refractivity contribution in [1.29, 1.82) is 0 Å². The van der Waals surface area contributed by atoms with Gasteiger partial charge in [-0.25, -0.2) is 0 Å². The topological polar surface area (TPSA) is 57.5 Å². The largest absolute Gasteiger partial charge is 0.508 e. The number of halogens is 1. The Hall–Kier alpha value is -1.03. The van der Waals surface area contributed by atoms with Crippen LogP contribution in [0, 0.1) is 6.92 Å². The van der Waals surface area contributed by atoms with Crippen molar-refractivity contribution in [3.05, 3.63) is 27.7 Å². The van der Waals surface area contributed by atoms with Crippen LogP contribution in [0.4, 0.5) is 0 Å². The van der Waals surface area contributed by atoms with Crippen LogP contribution in [0.15, 0.2) is 16.6 Å². The van der Waals surface area contributed by atoms with E-state index in [1.165, 1.54) is 0 Å². The molecule has 0 spiro atoms. The van der Waals surface area contributed by atoms with Gasteiger partial charge in [0.2, 0.25) is 0 Å². The molecule has 0 heterocycles. The summed E-state index contributed by atoms with van der Waals surface area (Å²) in [6.07, 6.45) is 0.511. The van der Waals surface area contributed by atoms with Gasteiger partial charge in [-0.3, -0.25) is 4.79 Å². The van der Waals surface area contributed by atoms with E-state index in [-0.39, 0.29) is 12.2 Å². The minimum atomic E-state index is -0.832.